The monoisotopic (exact) mass is 353 g/mol. The summed E-state index contributed by atoms with van der Waals surface area (Å²) >= 11 is 1.35. The number of rotatable bonds is 4. The standard InChI is InChI=1S/C15H15N9S/c1-8(14-22-23-15(16)25-14)19-12-10-7-18-24(2)13(10)21-11(20-12)9-4-3-5-17-6-9/h3-8H,1-2H3,(H2,16,23)(H,19,20,21)/t8-/m0/s1. The summed E-state index contributed by atoms with van der Waals surface area (Å²) in [5.41, 5.74) is 7.25. The van der Waals surface area contributed by atoms with Gasteiger partial charge in [0, 0.05) is 25.0 Å². The first-order valence-electron chi connectivity index (χ1n) is 7.57. The van der Waals surface area contributed by atoms with E-state index in [2.05, 4.69) is 35.6 Å². The van der Waals surface area contributed by atoms with Crippen molar-refractivity contribution in [2.24, 2.45) is 7.05 Å². The van der Waals surface area contributed by atoms with Crippen LogP contribution in [-0.2, 0) is 7.05 Å². The highest BCUT2D eigenvalue weighted by atomic mass is 32.1. The van der Waals surface area contributed by atoms with Gasteiger partial charge in [-0.2, -0.15) is 5.10 Å². The highest BCUT2D eigenvalue weighted by molar-refractivity contribution is 7.15. The second kappa shape index (κ2) is 6.06. The van der Waals surface area contributed by atoms with Crippen molar-refractivity contribution < 1.29 is 0 Å². The first kappa shape index (κ1) is 15.4. The second-order valence-electron chi connectivity index (χ2n) is 5.49. The predicted octanol–water partition coefficient (Wildman–Crippen LogP) is 2.03. The lowest BCUT2D eigenvalue weighted by Crippen LogP contribution is -2.09. The Morgan fingerprint density at radius 2 is 2.12 bits per heavy atom. The maximum atomic E-state index is 5.68. The first-order chi connectivity index (χ1) is 12.1. The molecule has 0 bridgehead atoms. The number of hydrogen-bond donors (Lipinski definition) is 2. The van der Waals surface area contributed by atoms with Crippen molar-refractivity contribution >= 4 is 33.3 Å². The van der Waals surface area contributed by atoms with Gasteiger partial charge in [-0.05, 0) is 19.1 Å². The van der Waals surface area contributed by atoms with Crippen molar-refractivity contribution in [3.63, 3.8) is 0 Å². The molecule has 3 N–H and O–H groups in total. The summed E-state index contributed by atoms with van der Waals surface area (Å²) in [7, 11) is 1.85. The third-order valence-corrected chi connectivity index (χ3v) is 4.63. The fourth-order valence-corrected chi connectivity index (χ4v) is 3.06. The summed E-state index contributed by atoms with van der Waals surface area (Å²) in [6.45, 7) is 1.98. The zero-order valence-electron chi connectivity index (χ0n) is 13.6. The smallest absolute Gasteiger partial charge is 0.203 e. The lowest BCUT2D eigenvalue weighted by atomic mass is 10.2. The fourth-order valence-electron chi connectivity index (χ4n) is 2.44. The van der Waals surface area contributed by atoms with Crippen molar-refractivity contribution in [1.82, 2.24) is 34.9 Å². The molecular formula is C15H15N9S. The van der Waals surface area contributed by atoms with E-state index in [-0.39, 0.29) is 6.04 Å². The van der Waals surface area contributed by atoms with Crippen molar-refractivity contribution in [2.45, 2.75) is 13.0 Å². The van der Waals surface area contributed by atoms with Crippen molar-refractivity contribution in [1.29, 1.82) is 0 Å². The number of hydrogen-bond acceptors (Lipinski definition) is 9. The third-order valence-electron chi connectivity index (χ3n) is 3.69. The summed E-state index contributed by atoms with van der Waals surface area (Å²) in [6, 6.07) is 3.67. The Bertz CT molecular complexity index is 1020. The van der Waals surface area contributed by atoms with Gasteiger partial charge in [-0.3, -0.25) is 9.67 Å². The van der Waals surface area contributed by atoms with Crippen LogP contribution >= 0.6 is 11.3 Å². The largest absolute Gasteiger partial charge is 0.374 e. The van der Waals surface area contributed by atoms with Gasteiger partial charge in [0.15, 0.2) is 11.5 Å². The van der Waals surface area contributed by atoms with Gasteiger partial charge >= 0.3 is 0 Å². The van der Waals surface area contributed by atoms with Crippen LogP contribution in [0.15, 0.2) is 30.7 Å². The minimum Gasteiger partial charge on any atom is -0.374 e. The van der Waals surface area contributed by atoms with Crippen LogP contribution in [0.2, 0.25) is 0 Å². The molecule has 10 heteroatoms. The Morgan fingerprint density at radius 1 is 1.24 bits per heavy atom. The van der Waals surface area contributed by atoms with Crippen LogP contribution in [0.25, 0.3) is 22.4 Å². The molecule has 4 aromatic heterocycles. The van der Waals surface area contributed by atoms with E-state index >= 15 is 0 Å². The number of nitrogens with one attached hydrogen (secondary N) is 1. The average molecular weight is 353 g/mol. The van der Waals surface area contributed by atoms with E-state index in [1.54, 1.807) is 23.3 Å². The van der Waals surface area contributed by atoms with Crippen LogP contribution in [0.5, 0.6) is 0 Å². The molecule has 25 heavy (non-hydrogen) atoms. The summed E-state index contributed by atoms with van der Waals surface area (Å²) in [4.78, 5) is 13.4. The molecule has 0 spiro atoms. The molecule has 0 aliphatic carbocycles. The van der Waals surface area contributed by atoms with E-state index in [1.807, 2.05) is 26.1 Å². The molecule has 0 aliphatic heterocycles. The van der Waals surface area contributed by atoms with E-state index in [4.69, 9.17) is 5.73 Å². The molecule has 0 aromatic carbocycles. The number of anilines is 2. The number of nitrogens with two attached hydrogens (primary N) is 1. The maximum absolute atomic E-state index is 5.68. The number of fused-ring (bicyclic) bond motifs is 1. The Kier molecular flexibility index (Phi) is 3.73. The molecular weight excluding hydrogens is 338 g/mol. The van der Waals surface area contributed by atoms with Gasteiger partial charge in [0.05, 0.1) is 17.6 Å². The van der Waals surface area contributed by atoms with Crippen LogP contribution in [0, 0.1) is 0 Å². The highest BCUT2D eigenvalue weighted by Gasteiger charge is 2.17. The minimum absolute atomic E-state index is 0.102. The zero-order chi connectivity index (χ0) is 17.4. The van der Waals surface area contributed by atoms with Gasteiger partial charge in [-0.25, -0.2) is 9.97 Å². The van der Waals surface area contributed by atoms with Crippen LogP contribution < -0.4 is 11.1 Å². The Morgan fingerprint density at radius 3 is 2.84 bits per heavy atom. The quantitative estimate of drug-likeness (QED) is 0.572. The summed E-state index contributed by atoms with van der Waals surface area (Å²) in [5, 5.41) is 17.7. The highest BCUT2D eigenvalue weighted by Crippen LogP contribution is 2.28. The van der Waals surface area contributed by atoms with Gasteiger partial charge in [-0.15, -0.1) is 10.2 Å². The summed E-state index contributed by atoms with van der Waals surface area (Å²) < 4.78 is 1.72. The lowest BCUT2D eigenvalue weighted by molar-refractivity contribution is 0.785. The van der Waals surface area contributed by atoms with Crippen LogP contribution in [-0.4, -0.2) is 34.9 Å². The molecule has 4 aromatic rings. The van der Waals surface area contributed by atoms with Gasteiger partial charge in [0.1, 0.15) is 10.8 Å². The Hall–Kier alpha value is -3.14. The second-order valence-corrected chi connectivity index (χ2v) is 6.53. The van der Waals surface area contributed by atoms with Gasteiger partial charge < -0.3 is 11.1 Å². The van der Waals surface area contributed by atoms with Crippen LogP contribution in [0.3, 0.4) is 0 Å². The van der Waals surface area contributed by atoms with E-state index in [0.29, 0.717) is 16.8 Å². The van der Waals surface area contributed by atoms with E-state index in [0.717, 1.165) is 21.6 Å². The fraction of sp³-hybridized carbons (Fsp3) is 0.200. The maximum Gasteiger partial charge on any atom is 0.203 e. The molecule has 126 valence electrons. The molecule has 0 amide bonds. The lowest BCUT2D eigenvalue weighted by Gasteiger charge is -2.13. The molecule has 1 atom stereocenters. The molecule has 0 aliphatic rings. The third kappa shape index (κ3) is 2.87. The van der Waals surface area contributed by atoms with E-state index in [9.17, 15) is 0 Å². The summed E-state index contributed by atoms with van der Waals surface area (Å²) in [5.74, 6) is 1.26. The van der Waals surface area contributed by atoms with Gasteiger partial charge in [-0.1, -0.05) is 11.3 Å². The molecule has 4 heterocycles. The number of nitrogen functional groups attached to an aromatic ring is 1. The zero-order valence-corrected chi connectivity index (χ0v) is 14.4. The molecule has 0 unspecified atom stereocenters. The predicted molar refractivity (Wildman–Crippen MR) is 95.9 cm³/mol. The number of aromatic nitrogens is 7. The van der Waals surface area contributed by atoms with E-state index in [1.165, 1.54) is 11.3 Å². The summed E-state index contributed by atoms with van der Waals surface area (Å²) in [6.07, 6.45) is 5.19. The van der Waals surface area contributed by atoms with Crippen LogP contribution in [0.4, 0.5) is 10.9 Å². The van der Waals surface area contributed by atoms with Gasteiger partial charge in [0.2, 0.25) is 5.13 Å². The Labute approximate surface area is 147 Å². The number of nitrogens with zero attached hydrogens (tertiary/aromatic N) is 7. The molecule has 0 saturated carbocycles. The number of pyridine rings is 1. The van der Waals surface area contributed by atoms with Gasteiger partial charge in [0.25, 0.3) is 0 Å². The van der Waals surface area contributed by atoms with Crippen LogP contribution in [0.1, 0.15) is 18.0 Å². The Balaban J connectivity index is 1.79. The number of aryl methyl sites for hydroxylation is 1. The average Bonchev–Trinajstić information content (AvgIpc) is 3.22. The van der Waals surface area contributed by atoms with Crippen molar-refractivity contribution in [3.8, 4) is 11.4 Å². The molecule has 0 fully saturated rings. The van der Waals surface area contributed by atoms with Crippen molar-refractivity contribution in [2.75, 3.05) is 11.1 Å². The molecule has 9 nitrogen and oxygen atoms in total. The molecule has 4 rings (SSSR count). The SMILES string of the molecule is C[C@H](Nc1nc(-c2cccnc2)nc2c1cnn2C)c1nnc(N)s1. The topological polar surface area (TPSA) is 120 Å². The van der Waals surface area contributed by atoms with Crippen molar-refractivity contribution in [3.05, 3.63) is 35.7 Å². The molecule has 0 radical (unpaired) electrons. The van der Waals surface area contributed by atoms with E-state index < -0.39 is 0 Å². The molecule has 0 saturated heterocycles. The minimum atomic E-state index is -0.102. The normalized spacial score (nSPS) is 12.4. The first-order valence-corrected chi connectivity index (χ1v) is 8.39.